The Morgan fingerprint density at radius 1 is 1.22 bits per heavy atom. The maximum absolute atomic E-state index is 3.62. The fraction of sp³-hybridized carbons (Fsp3) is 1.00. The molecule has 2 rings (SSSR count). The van der Waals surface area contributed by atoms with Crippen molar-refractivity contribution in [2.75, 3.05) is 38.2 Å². The molecule has 0 aromatic heterocycles. The summed E-state index contributed by atoms with van der Waals surface area (Å²) >= 11 is 2.13. The van der Waals surface area contributed by atoms with E-state index in [1.807, 2.05) is 0 Å². The van der Waals surface area contributed by atoms with Gasteiger partial charge in [0.2, 0.25) is 0 Å². The largest absolute Gasteiger partial charge is 0.316 e. The zero-order valence-corrected chi connectivity index (χ0v) is 13.2. The molecule has 0 spiro atoms. The third-order valence-electron chi connectivity index (χ3n) is 4.83. The summed E-state index contributed by atoms with van der Waals surface area (Å²) in [5, 5.41) is 3.62. The summed E-state index contributed by atoms with van der Waals surface area (Å²) in [7, 11) is 2.16. The first-order chi connectivity index (χ1) is 8.63. The maximum Gasteiger partial charge on any atom is 0.0156 e. The van der Waals surface area contributed by atoms with Crippen LogP contribution in [0.2, 0.25) is 0 Å². The maximum atomic E-state index is 3.62. The molecular formula is C15H30N2S. The van der Waals surface area contributed by atoms with Crippen LogP contribution in [0.3, 0.4) is 0 Å². The molecule has 1 saturated heterocycles. The van der Waals surface area contributed by atoms with E-state index < -0.39 is 0 Å². The van der Waals surface area contributed by atoms with Crippen LogP contribution in [-0.4, -0.2) is 49.1 Å². The zero-order chi connectivity index (χ0) is 13.0. The van der Waals surface area contributed by atoms with Crippen molar-refractivity contribution in [3.8, 4) is 0 Å². The van der Waals surface area contributed by atoms with Gasteiger partial charge >= 0.3 is 0 Å². The number of nitrogens with one attached hydrogen (secondary N) is 1. The van der Waals surface area contributed by atoms with Gasteiger partial charge in [-0.15, -0.1) is 0 Å². The summed E-state index contributed by atoms with van der Waals surface area (Å²) < 4.78 is 0. The van der Waals surface area contributed by atoms with E-state index in [-0.39, 0.29) is 0 Å². The second-order valence-corrected chi connectivity index (χ2v) is 7.90. The van der Waals surface area contributed by atoms with Crippen molar-refractivity contribution >= 4 is 11.8 Å². The van der Waals surface area contributed by atoms with E-state index in [1.54, 1.807) is 0 Å². The SMILES string of the molecule is CNC1C(CN2CCCSCC2)CCCC1(C)C. The molecule has 1 aliphatic heterocycles. The average Bonchev–Trinajstić information content (AvgIpc) is 2.57. The van der Waals surface area contributed by atoms with Crippen LogP contribution in [0.4, 0.5) is 0 Å². The lowest BCUT2D eigenvalue weighted by Gasteiger charge is -2.45. The second kappa shape index (κ2) is 6.62. The van der Waals surface area contributed by atoms with Gasteiger partial charge in [0.15, 0.2) is 0 Å². The van der Waals surface area contributed by atoms with Gasteiger partial charge in [-0.1, -0.05) is 20.3 Å². The Labute approximate surface area is 117 Å². The van der Waals surface area contributed by atoms with Crippen LogP contribution < -0.4 is 5.32 Å². The molecule has 2 nitrogen and oxygen atoms in total. The summed E-state index contributed by atoms with van der Waals surface area (Å²) in [4.78, 5) is 2.72. The highest BCUT2D eigenvalue weighted by atomic mass is 32.2. The molecule has 1 aliphatic carbocycles. The minimum absolute atomic E-state index is 0.471. The van der Waals surface area contributed by atoms with Gasteiger partial charge in [0, 0.05) is 24.9 Å². The molecule has 2 atom stereocenters. The van der Waals surface area contributed by atoms with Crippen molar-refractivity contribution < 1.29 is 0 Å². The lowest BCUT2D eigenvalue weighted by atomic mass is 9.68. The molecule has 2 aliphatic rings. The Bertz CT molecular complexity index is 247. The Hall–Kier alpha value is 0.270. The summed E-state index contributed by atoms with van der Waals surface area (Å²) in [6.45, 7) is 8.82. The highest BCUT2D eigenvalue weighted by molar-refractivity contribution is 7.99. The third kappa shape index (κ3) is 3.64. The van der Waals surface area contributed by atoms with E-state index in [9.17, 15) is 0 Å². The van der Waals surface area contributed by atoms with Crippen LogP contribution in [0.15, 0.2) is 0 Å². The smallest absolute Gasteiger partial charge is 0.0156 e. The van der Waals surface area contributed by atoms with Crippen LogP contribution in [0.25, 0.3) is 0 Å². The third-order valence-corrected chi connectivity index (χ3v) is 5.88. The summed E-state index contributed by atoms with van der Waals surface area (Å²) in [5.74, 6) is 3.55. The summed E-state index contributed by atoms with van der Waals surface area (Å²) in [5.41, 5.74) is 0.471. The number of thioether (sulfide) groups is 1. The molecule has 106 valence electrons. The number of nitrogens with zero attached hydrogens (tertiary/aromatic N) is 1. The van der Waals surface area contributed by atoms with Gasteiger partial charge in [-0.25, -0.2) is 0 Å². The normalized spacial score (nSPS) is 34.2. The van der Waals surface area contributed by atoms with Crippen LogP contribution in [0, 0.1) is 11.3 Å². The number of rotatable bonds is 3. The molecule has 0 aromatic rings. The lowest BCUT2D eigenvalue weighted by Crippen LogP contribution is -2.51. The molecule has 0 aromatic carbocycles. The number of hydrogen-bond acceptors (Lipinski definition) is 3. The van der Waals surface area contributed by atoms with Crippen molar-refractivity contribution in [3.63, 3.8) is 0 Å². The molecule has 2 fully saturated rings. The topological polar surface area (TPSA) is 15.3 Å². The van der Waals surface area contributed by atoms with Crippen LogP contribution >= 0.6 is 11.8 Å². The Morgan fingerprint density at radius 2 is 2.06 bits per heavy atom. The van der Waals surface area contributed by atoms with Crippen molar-refractivity contribution in [2.45, 2.75) is 45.6 Å². The molecule has 1 heterocycles. The van der Waals surface area contributed by atoms with Crippen LogP contribution in [0.5, 0.6) is 0 Å². The van der Waals surface area contributed by atoms with Crippen LogP contribution in [0.1, 0.15) is 39.5 Å². The minimum atomic E-state index is 0.471. The quantitative estimate of drug-likeness (QED) is 0.849. The molecule has 0 amide bonds. The van der Waals surface area contributed by atoms with Crippen molar-refractivity contribution in [3.05, 3.63) is 0 Å². The number of hydrogen-bond donors (Lipinski definition) is 1. The zero-order valence-electron chi connectivity index (χ0n) is 12.4. The molecule has 2 unspecified atom stereocenters. The van der Waals surface area contributed by atoms with Gasteiger partial charge in [0.1, 0.15) is 0 Å². The first-order valence-electron chi connectivity index (χ1n) is 7.61. The van der Waals surface area contributed by atoms with Gasteiger partial charge in [-0.05, 0) is 49.9 Å². The molecule has 0 radical (unpaired) electrons. The first kappa shape index (κ1) is 14.7. The fourth-order valence-electron chi connectivity index (χ4n) is 3.92. The highest BCUT2D eigenvalue weighted by Gasteiger charge is 2.38. The van der Waals surface area contributed by atoms with Crippen molar-refractivity contribution in [1.29, 1.82) is 0 Å². The fourth-order valence-corrected chi connectivity index (χ4v) is 4.84. The molecular weight excluding hydrogens is 240 g/mol. The summed E-state index contributed by atoms with van der Waals surface area (Å²) in [6.07, 6.45) is 5.59. The van der Waals surface area contributed by atoms with Gasteiger partial charge in [-0.2, -0.15) is 11.8 Å². The first-order valence-corrected chi connectivity index (χ1v) is 8.76. The molecule has 1 saturated carbocycles. The van der Waals surface area contributed by atoms with Gasteiger partial charge in [0.05, 0.1) is 0 Å². The van der Waals surface area contributed by atoms with E-state index in [1.165, 1.54) is 56.8 Å². The standard InChI is InChI=1S/C15H30N2S/c1-15(2)7-4-6-13(14(15)16-3)12-17-8-5-10-18-11-9-17/h13-14,16H,4-12H2,1-3H3. The van der Waals surface area contributed by atoms with E-state index >= 15 is 0 Å². The Balaban J connectivity index is 1.93. The Morgan fingerprint density at radius 3 is 2.83 bits per heavy atom. The summed E-state index contributed by atoms with van der Waals surface area (Å²) in [6, 6.07) is 0.696. The van der Waals surface area contributed by atoms with E-state index in [0.29, 0.717) is 11.5 Å². The van der Waals surface area contributed by atoms with E-state index in [2.05, 4.69) is 42.9 Å². The molecule has 3 heteroatoms. The predicted octanol–water partition coefficient (Wildman–Crippen LogP) is 2.84. The monoisotopic (exact) mass is 270 g/mol. The van der Waals surface area contributed by atoms with Gasteiger partial charge in [-0.3, -0.25) is 0 Å². The second-order valence-electron chi connectivity index (χ2n) is 6.67. The van der Waals surface area contributed by atoms with E-state index in [4.69, 9.17) is 0 Å². The Kier molecular flexibility index (Phi) is 5.40. The predicted molar refractivity (Wildman–Crippen MR) is 82.4 cm³/mol. The molecule has 0 bridgehead atoms. The van der Waals surface area contributed by atoms with Gasteiger partial charge in [0.25, 0.3) is 0 Å². The van der Waals surface area contributed by atoms with E-state index in [0.717, 1.165) is 5.92 Å². The minimum Gasteiger partial charge on any atom is -0.316 e. The average molecular weight is 270 g/mol. The van der Waals surface area contributed by atoms with Crippen molar-refractivity contribution in [2.24, 2.45) is 11.3 Å². The van der Waals surface area contributed by atoms with Crippen LogP contribution in [-0.2, 0) is 0 Å². The highest BCUT2D eigenvalue weighted by Crippen LogP contribution is 2.39. The lowest BCUT2D eigenvalue weighted by molar-refractivity contribution is 0.0857. The molecule has 18 heavy (non-hydrogen) atoms. The molecule has 1 N–H and O–H groups in total. The van der Waals surface area contributed by atoms with Crippen molar-refractivity contribution in [1.82, 2.24) is 10.2 Å². The van der Waals surface area contributed by atoms with Gasteiger partial charge < -0.3 is 10.2 Å².